The van der Waals surface area contributed by atoms with Crippen molar-refractivity contribution in [2.75, 3.05) is 19.8 Å². The second-order valence-corrected chi connectivity index (χ2v) is 16.0. The van der Waals surface area contributed by atoms with Gasteiger partial charge in [0.05, 0.1) is 6.61 Å². The fraction of sp³-hybridized carbons (Fsp3) is 0.673. The van der Waals surface area contributed by atoms with E-state index in [1.165, 1.54) is 83.5 Å². The van der Waals surface area contributed by atoms with Crippen LogP contribution < -0.4 is 0 Å². The summed E-state index contributed by atoms with van der Waals surface area (Å²) >= 11 is 0. The van der Waals surface area contributed by atoms with Crippen LogP contribution in [0.5, 0.6) is 0 Å². The zero-order chi connectivity index (χ0) is 43.5. The molecule has 0 heterocycles. The standard InChI is InChI=1S/C55H92O5/c1-4-7-10-13-15-17-19-21-23-25-27-29-31-33-35-37-39-41-44-47-50-58-51-53(60-55(57)49-46-42-12-9-6-3)52-59-54(56)48-45-43-40-38-36-34-32-30-28-26-24-22-20-18-16-14-11-8-5-2/h7,10,15-18,21-24,27,29,33,35,39,41,53H,4-6,8-9,11-14,19-20,25-26,28,30-32,34,36-38,40,42-52H2,1-3H3/b10-7-,17-15-,18-16-,23-21-,24-22-,29-27-,35-33-,41-39-. The van der Waals surface area contributed by atoms with Gasteiger partial charge < -0.3 is 14.2 Å². The van der Waals surface area contributed by atoms with Crippen LogP contribution in [0.25, 0.3) is 0 Å². The Labute approximate surface area is 371 Å². The van der Waals surface area contributed by atoms with Gasteiger partial charge in [0.1, 0.15) is 6.61 Å². The number of carbonyl (C=O) groups is 2. The van der Waals surface area contributed by atoms with Crippen LogP contribution >= 0.6 is 0 Å². The van der Waals surface area contributed by atoms with Crippen molar-refractivity contribution < 1.29 is 23.8 Å². The zero-order valence-corrected chi connectivity index (χ0v) is 39.2. The van der Waals surface area contributed by atoms with E-state index < -0.39 is 6.10 Å². The molecule has 0 saturated carbocycles. The van der Waals surface area contributed by atoms with Crippen LogP contribution in [-0.2, 0) is 23.8 Å². The first-order valence-corrected chi connectivity index (χ1v) is 24.8. The summed E-state index contributed by atoms with van der Waals surface area (Å²) in [4.78, 5) is 25.1. The normalized spacial score (nSPS) is 13.1. The van der Waals surface area contributed by atoms with Crippen molar-refractivity contribution >= 4 is 11.9 Å². The zero-order valence-electron chi connectivity index (χ0n) is 39.2. The molecule has 0 bridgehead atoms. The molecule has 0 aromatic carbocycles. The number of rotatable bonds is 44. The molecule has 0 aliphatic rings. The highest BCUT2D eigenvalue weighted by atomic mass is 16.6. The van der Waals surface area contributed by atoms with E-state index in [-0.39, 0.29) is 25.2 Å². The lowest BCUT2D eigenvalue weighted by atomic mass is 10.1. The van der Waals surface area contributed by atoms with Crippen molar-refractivity contribution in [2.24, 2.45) is 0 Å². The molecule has 1 atom stereocenters. The molecular weight excluding hydrogens is 741 g/mol. The van der Waals surface area contributed by atoms with Crippen LogP contribution in [0.15, 0.2) is 97.2 Å². The van der Waals surface area contributed by atoms with Gasteiger partial charge in [0, 0.05) is 19.4 Å². The van der Waals surface area contributed by atoms with Gasteiger partial charge in [0.2, 0.25) is 0 Å². The monoisotopic (exact) mass is 833 g/mol. The molecule has 0 saturated heterocycles. The highest BCUT2D eigenvalue weighted by molar-refractivity contribution is 5.70. The van der Waals surface area contributed by atoms with E-state index >= 15 is 0 Å². The molecule has 0 N–H and O–H groups in total. The minimum absolute atomic E-state index is 0.0551. The second-order valence-electron chi connectivity index (χ2n) is 16.0. The number of hydrogen-bond donors (Lipinski definition) is 0. The van der Waals surface area contributed by atoms with Gasteiger partial charge in [-0.25, -0.2) is 0 Å². The fourth-order valence-electron chi connectivity index (χ4n) is 6.44. The molecule has 5 heteroatoms. The van der Waals surface area contributed by atoms with Gasteiger partial charge in [-0.05, 0) is 96.3 Å². The molecule has 0 rings (SSSR count). The highest BCUT2D eigenvalue weighted by Crippen LogP contribution is 2.13. The van der Waals surface area contributed by atoms with E-state index in [1.54, 1.807) is 0 Å². The van der Waals surface area contributed by atoms with Gasteiger partial charge in [0.25, 0.3) is 0 Å². The molecule has 0 aliphatic carbocycles. The highest BCUT2D eigenvalue weighted by Gasteiger charge is 2.17. The molecule has 0 aromatic heterocycles. The van der Waals surface area contributed by atoms with E-state index in [4.69, 9.17) is 14.2 Å². The third kappa shape index (κ3) is 47.5. The predicted molar refractivity (Wildman–Crippen MR) is 260 cm³/mol. The van der Waals surface area contributed by atoms with Crippen LogP contribution in [0.3, 0.4) is 0 Å². The topological polar surface area (TPSA) is 61.8 Å². The van der Waals surface area contributed by atoms with Crippen molar-refractivity contribution in [3.8, 4) is 0 Å². The Hall–Kier alpha value is -3.18. The first-order chi connectivity index (χ1) is 29.6. The van der Waals surface area contributed by atoms with E-state index in [0.717, 1.165) is 96.3 Å². The summed E-state index contributed by atoms with van der Waals surface area (Å²) < 4.78 is 17.2. The first kappa shape index (κ1) is 56.8. The van der Waals surface area contributed by atoms with Crippen molar-refractivity contribution in [1.29, 1.82) is 0 Å². The number of esters is 2. The first-order valence-electron chi connectivity index (χ1n) is 24.8. The van der Waals surface area contributed by atoms with E-state index in [1.807, 2.05) is 0 Å². The fourth-order valence-corrected chi connectivity index (χ4v) is 6.44. The summed E-state index contributed by atoms with van der Waals surface area (Å²) in [6.07, 6.45) is 67.4. The quantitative estimate of drug-likeness (QED) is 0.0348. The minimum Gasteiger partial charge on any atom is -0.462 e. The third-order valence-corrected chi connectivity index (χ3v) is 10.1. The summed E-state index contributed by atoms with van der Waals surface area (Å²) in [5, 5.41) is 0. The number of unbranched alkanes of at least 4 members (excludes halogenated alkanes) is 17. The van der Waals surface area contributed by atoms with Crippen LogP contribution in [0.4, 0.5) is 0 Å². The average molecular weight is 833 g/mol. The van der Waals surface area contributed by atoms with Gasteiger partial charge in [-0.3, -0.25) is 9.59 Å². The summed E-state index contributed by atoms with van der Waals surface area (Å²) in [5.74, 6) is -0.451. The Bertz CT molecular complexity index is 1170. The molecule has 0 aromatic rings. The predicted octanol–water partition coefficient (Wildman–Crippen LogP) is 16.7. The molecule has 0 aliphatic heterocycles. The van der Waals surface area contributed by atoms with E-state index in [9.17, 15) is 9.59 Å². The number of ether oxygens (including phenoxy) is 3. The number of allylic oxidation sites excluding steroid dienone is 16. The van der Waals surface area contributed by atoms with Crippen molar-refractivity contribution in [2.45, 2.75) is 219 Å². The van der Waals surface area contributed by atoms with Crippen LogP contribution in [0, 0.1) is 0 Å². The number of hydrogen-bond acceptors (Lipinski definition) is 5. The largest absolute Gasteiger partial charge is 0.462 e. The molecule has 5 nitrogen and oxygen atoms in total. The summed E-state index contributed by atoms with van der Waals surface area (Å²) in [5.41, 5.74) is 0. The van der Waals surface area contributed by atoms with Crippen LogP contribution in [0.2, 0.25) is 0 Å². The average Bonchev–Trinajstić information content (AvgIpc) is 3.25. The van der Waals surface area contributed by atoms with E-state index in [2.05, 4.69) is 118 Å². The van der Waals surface area contributed by atoms with Crippen molar-refractivity contribution in [3.05, 3.63) is 97.2 Å². The van der Waals surface area contributed by atoms with Crippen molar-refractivity contribution in [1.82, 2.24) is 0 Å². The van der Waals surface area contributed by atoms with Crippen LogP contribution in [0.1, 0.15) is 213 Å². The van der Waals surface area contributed by atoms with Gasteiger partial charge in [-0.2, -0.15) is 0 Å². The lowest BCUT2D eigenvalue weighted by Gasteiger charge is -2.18. The molecule has 1 unspecified atom stereocenters. The molecular formula is C55H92O5. The smallest absolute Gasteiger partial charge is 0.306 e. The Morgan fingerprint density at radius 1 is 0.383 bits per heavy atom. The van der Waals surface area contributed by atoms with Gasteiger partial charge in [-0.1, -0.05) is 201 Å². The van der Waals surface area contributed by atoms with Gasteiger partial charge >= 0.3 is 11.9 Å². The summed E-state index contributed by atoms with van der Waals surface area (Å²) in [6.45, 7) is 7.46. The summed E-state index contributed by atoms with van der Waals surface area (Å²) in [6, 6.07) is 0. The maximum absolute atomic E-state index is 12.6. The molecule has 0 amide bonds. The molecule has 0 spiro atoms. The molecule has 0 radical (unpaired) electrons. The van der Waals surface area contributed by atoms with Gasteiger partial charge in [-0.15, -0.1) is 0 Å². The number of carbonyl (C=O) groups excluding carboxylic acids is 2. The molecule has 60 heavy (non-hydrogen) atoms. The Morgan fingerprint density at radius 3 is 1.23 bits per heavy atom. The molecule has 342 valence electrons. The van der Waals surface area contributed by atoms with Gasteiger partial charge in [0.15, 0.2) is 6.10 Å². The Balaban J connectivity index is 4.15. The van der Waals surface area contributed by atoms with Crippen LogP contribution in [-0.4, -0.2) is 37.9 Å². The molecule has 0 fully saturated rings. The minimum atomic E-state index is -0.568. The second kappa shape index (κ2) is 50.2. The third-order valence-electron chi connectivity index (χ3n) is 10.1. The maximum atomic E-state index is 12.6. The lowest BCUT2D eigenvalue weighted by Crippen LogP contribution is -2.30. The lowest BCUT2D eigenvalue weighted by molar-refractivity contribution is -0.163. The van der Waals surface area contributed by atoms with Crippen molar-refractivity contribution in [3.63, 3.8) is 0 Å². The van der Waals surface area contributed by atoms with E-state index in [0.29, 0.717) is 19.4 Å². The Kier molecular flexibility index (Phi) is 47.5. The Morgan fingerprint density at radius 2 is 0.750 bits per heavy atom. The maximum Gasteiger partial charge on any atom is 0.306 e. The summed E-state index contributed by atoms with van der Waals surface area (Å²) in [7, 11) is 0. The SMILES string of the molecule is CC/C=C\C/C=C\C/C=C\C/C=C\C/C=C\C/C=C\CCCOCC(COC(=O)CCCCCCCCCCC/C=C\C/C=C\CCCCC)OC(=O)CCCCCCC.